The molecule has 0 aliphatic carbocycles. The van der Waals surface area contributed by atoms with Crippen LogP contribution in [0.5, 0.6) is 0 Å². The van der Waals surface area contributed by atoms with Crippen LogP contribution in [0, 0.1) is 5.92 Å². The van der Waals surface area contributed by atoms with Crippen molar-refractivity contribution >= 4 is 20.2 Å². The summed E-state index contributed by atoms with van der Waals surface area (Å²) in [4.78, 5) is -0.614. The Labute approximate surface area is 119 Å². The second kappa shape index (κ2) is 6.19. The summed E-state index contributed by atoms with van der Waals surface area (Å²) in [7, 11) is -7.05. The summed E-state index contributed by atoms with van der Waals surface area (Å²) >= 11 is 0. The van der Waals surface area contributed by atoms with Gasteiger partial charge >= 0.3 is 10.2 Å². The zero-order valence-corrected chi connectivity index (χ0v) is 13.2. The van der Waals surface area contributed by atoms with Crippen LogP contribution in [0.3, 0.4) is 0 Å². The van der Waals surface area contributed by atoms with Gasteiger partial charge in [0.1, 0.15) is 0 Å². The van der Waals surface area contributed by atoms with Gasteiger partial charge in [-0.1, -0.05) is 20.3 Å². The van der Waals surface area contributed by atoms with Crippen LogP contribution >= 0.6 is 0 Å². The Bertz CT molecular complexity index is 653. The van der Waals surface area contributed by atoms with Crippen molar-refractivity contribution in [2.75, 3.05) is 13.6 Å². The van der Waals surface area contributed by atoms with Crippen LogP contribution < -0.4 is 0 Å². The summed E-state index contributed by atoms with van der Waals surface area (Å²) in [5.74, 6) is 0.209. The van der Waals surface area contributed by atoms with Gasteiger partial charge in [0.2, 0.25) is 10.0 Å². The van der Waals surface area contributed by atoms with Gasteiger partial charge in [-0.15, -0.1) is 3.89 Å². The van der Waals surface area contributed by atoms with E-state index in [1.807, 2.05) is 13.8 Å². The highest BCUT2D eigenvalue weighted by molar-refractivity contribution is 7.89. The zero-order chi connectivity index (χ0) is 15.6. The van der Waals surface area contributed by atoms with Crippen molar-refractivity contribution in [3.8, 4) is 0 Å². The maximum atomic E-state index is 12.7. The largest absolute Gasteiger partial charge is 0.332 e. The Balaban J connectivity index is 3.05. The molecule has 0 aliphatic heterocycles. The number of rotatable bonds is 6. The van der Waals surface area contributed by atoms with E-state index in [9.17, 15) is 20.7 Å². The third-order valence-electron chi connectivity index (χ3n) is 3.08. The predicted molar refractivity (Wildman–Crippen MR) is 74.0 cm³/mol. The van der Waals surface area contributed by atoms with Crippen molar-refractivity contribution in [1.29, 1.82) is 0 Å². The molecule has 0 bridgehead atoms. The predicted octanol–water partition coefficient (Wildman–Crippen LogP) is 2.01. The first-order valence-electron chi connectivity index (χ1n) is 6.10. The third-order valence-corrected chi connectivity index (χ3v) is 5.75. The van der Waals surface area contributed by atoms with Crippen molar-refractivity contribution < 1.29 is 20.7 Å². The van der Waals surface area contributed by atoms with E-state index in [0.29, 0.717) is 6.54 Å². The van der Waals surface area contributed by atoms with E-state index in [0.717, 1.165) is 30.7 Å². The molecular formula is C12H18FNO4S2. The lowest BCUT2D eigenvalue weighted by Gasteiger charge is -2.20. The first kappa shape index (κ1) is 17.1. The minimum Gasteiger partial charge on any atom is -0.207 e. The first-order valence-corrected chi connectivity index (χ1v) is 8.92. The number of hydrogen-bond acceptors (Lipinski definition) is 4. The van der Waals surface area contributed by atoms with E-state index in [1.165, 1.54) is 11.4 Å². The minimum atomic E-state index is -4.82. The van der Waals surface area contributed by atoms with E-state index in [4.69, 9.17) is 0 Å². The Hall–Kier alpha value is -0.990. The van der Waals surface area contributed by atoms with Crippen molar-refractivity contribution in [1.82, 2.24) is 4.31 Å². The molecule has 0 fully saturated rings. The van der Waals surface area contributed by atoms with Gasteiger partial charge in [0, 0.05) is 13.6 Å². The summed E-state index contributed by atoms with van der Waals surface area (Å²) in [6, 6.07) is 4.07. The van der Waals surface area contributed by atoms with Crippen LogP contribution in [0.1, 0.15) is 20.3 Å². The summed E-state index contributed by atoms with van der Waals surface area (Å²) in [5, 5.41) is 0. The molecule has 1 aromatic rings. The first-order chi connectivity index (χ1) is 9.09. The summed E-state index contributed by atoms with van der Waals surface area (Å²) in [5.41, 5.74) is 0. The molecule has 0 aliphatic rings. The molecule has 0 saturated carbocycles. The monoisotopic (exact) mass is 323 g/mol. The van der Waals surface area contributed by atoms with Gasteiger partial charge in [-0.25, -0.2) is 12.7 Å². The van der Waals surface area contributed by atoms with Gasteiger partial charge in [-0.3, -0.25) is 0 Å². The topological polar surface area (TPSA) is 71.5 Å². The number of nitrogens with zero attached hydrogens (tertiary/aromatic N) is 1. The average molecular weight is 323 g/mol. The lowest BCUT2D eigenvalue weighted by Crippen LogP contribution is -2.31. The molecule has 114 valence electrons. The quantitative estimate of drug-likeness (QED) is 0.751. The van der Waals surface area contributed by atoms with Crippen LogP contribution in [0.15, 0.2) is 34.1 Å². The molecule has 1 rings (SSSR count). The lowest BCUT2D eigenvalue weighted by molar-refractivity contribution is 0.393. The van der Waals surface area contributed by atoms with Crippen molar-refractivity contribution in [3.05, 3.63) is 24.3 Å². The van der Waals surface area contributed by atoms with Gasteiger partial charge in [-0.2, -0.15) is 8.42 Å². The van der Waals surface area contributed by atoms with Gasteiger partial charge in [-0.05, 0) is 30.2 Å². The van der Waals surface area contributed by atoms with Crippen molar-refractivity contribution in [3.63, 3.8) is 0 Å². The number of sulfonamides is 1. The molecule has 0 aromatic heterocycles. The van der Waals surface area contributed by atoms with E-state index < -0.39 is 25.1 Å². The van der Waals surface area contributed by atoms with Gasteiger partial charge < -0.3 is 0 Å². The Morgan fingerprint density at radius 1 is 1.10 bits per heavy atom. The van der Waals surface area contributed by atoms with Gasteiger partial charge in [0.15, 0.2) is 0 Å². The van der Waals surface area contributed by atoms with E-state index in [1.54, 1.807) is 0 Å². The maximum absolute atomic E-state index is 12.7. The van der Waals surface area contributed by atoms with Crippen LogP contribution in [0.2, 0.25) is 0 Å². The molecule has 1 unspecified atom stereocenters. The van der Waals surface area contributed by atoms with Crippen LogP contribution in [-0.4, -0.2) is 34.7 Å². The second-order valence-corrected chi connectivity index (χ2v) is 8.10. The molecule has 0 heterocycles. The molecule has 0 N–H and O–H groups in total. The Morgan fingerprint density at radius 3 is 1.95 bits per heavy atom. The molecule has 1 atom stereocenters. The summed E-state index contributed by atoms with van der Waals surface area (Å²) in [6.07, 6.45) is 0.846. The highest BCUT2D eigenvalue weighted by Gasteiger charge is 2.22. The molecule has 20 heavy (non-hydrogen) atoms. The molecular weight excluding hydrogens is 305 g/mol. The molecule has 1 aromatic carbocycles. The summed E-state index contributed by atoms with van der Waals surface area (Å²) < 4.78 is 59.8. The average Bonchev–Trinajstić information content (AvgIpc) is 2.37. The lowest BCUT2D eigenvalue weighted by atomic mass is 10.1. The Kier molecular flexibility index (Phi) is 5.28. The van der Waals surface area contributed by atoms with Crippen LogP contribution in [-0.2, 0) is 20.2 Å². The third kappa shape index (κ3) is 4.00. The molecule has 0 radical (unpaired) electrons. The van der Waals surface area contributed by atoms with E-state index in [-0.39, 0.29) is 10.8 Å². The number of hydrogen-bond donors (Lipinski definition) is 0. The standard InChI is InChI=1S/C12H18FNO4S2/c1-4-10(2)9-14(3)20(17,18)12-7-5-11(6-8-12)19(13,15)16/h5-8,10H,4,9H2,1-3H3. The van der Waals surface area contributed by atoms with Crippen LogP contribution in [0.4, 0.5) is 3.89 Å². The van der Waals surface area contributed by atoms with Crippen molar-refractivity contribution in [2.24, 2.45) is 5.92 Å². The van der Waals surface area contributed by atoms with E-state index in [2.05, 4.69) is 0 Å². The molecule has 8 heteroatoms. The Morgan fingerprint density at radius 2 is 1.55 bits per heavy atom. The fourth-order valence-corrected chi connectivity index (χ4v) is 3.37. The normalized spacial score (nSPS) is 14.4. The van der Waals surface area contributed by atoms with Gasteiger partial charge in [0.25, 0.3) is 0 Å². The van der Waals surface area contributed by atoms with E-state index >= 15 is 0 Å². The smallest absolute Gasteiger partial charge is 0.207 e. The molecule has 0 saturated heterocycles. The fraction of sp³-hybridized carbons (Fsp3) is 0.500. The minimum absolute atomic E-state index is 0.0595. The summed E-state index contributed by atoms with van der Waals surface area (Å²) in [6.45, 7) is 4.26. The zero-order valence-electron chi connectivity index (χ0n) is 11.6. The number of halogens is 1. The molecule has 0 spiro atoms. The SMILES string of the molecule is CCC(C)CN(C)S(=O)(=O)c1ccc(S(=O)(=O)F)cc1. The molecule has 5 nitrogen and oxygen atoms in total. The highest BCUT2D eigenvalue weighted by Crippen LogP contribution is 2.19. The number of benzene rings is 1. The maximum Gasteiger partial charge on any atom is 0.332 e. The van der Waals surface area contributed by atoms with Crippen LogP contribution in [0.25, 0.3) is 0 Å². The van der Waals surface area contributed by atoms with Gasteiger partial charge in [0.05, 0.1) is 9.79 Å². The second-order valence-electron chi connectivity index (χ2n) is 4.71. The molecule has 0 amide bonds. The highest BCUT2D eigenvalue weighted by atomic mass is 32.3. The van der Waals surface area contributed by atoms with Crippen molar-refractivity contribution in [2.45, 2.75) is 30.1 Å². The fourth-order valence-electron chi connectivity index (χ4n) is 1.62.